The third-order valence-corrected chi connectivity index (χ3v) is 10.3. The van der Waals surface area contributed by atoms with Gasteiger partial charge in [0.25, 0.3) is 5.91 Å². The first-order valence-corrected chi connectivity index (χ1v) is 13.6. The zero-order valence-corrected chi connectivity index (χ0v) is 21.8. The van der Waals surface area contributed by atoms with Gasteiger partial charge in [-0.2, -0.15) is 0 Å². The molecule has 182 valence electrons. The van der Waals surface area contributed by atoms with Crippen molar-refractivity contribution in [2.45, 2.75) is 59.5 Å². The molecule has 1 aromatic heterocycles. The maximum Gasteiger partial charge on any atom is 0.273 e. The highest BCUT2D eigenvalue weighted by atomic mass is 32.1. The monoisotopic (exact) mass is 487 g/mol. The molecule has 1 aliphatic carbocycles. The summed E-state index contributed by atoms with van der Waals surface area (Å²) in [6.07, 6.45) is 1.83. The number of amides is 2. The lowest BCUT2D eigenvalue weighted by molar-refractivity contribution is -0.134. The molecule has 0 bridgehead atoms. The fourth-order valence-electron chi connectivity index (χ4n) is 6.45. The van der Waals surface area contributed by atoms with Crippen LogP contribution in [0.3, 0.4) is 0 Å². The fourth-order valence-corrected chi connectivity index (χ4v) is 7.42. The quantitative estimate of drug-likeness (QED) is 0.466. The highest BCUT2D eigenvalue weighted by Gasteiger charge is 2.68. The van der Waals surface area contributed by atoms with E-state index in [4.69, 9.17) is 4.98 Å². The van der Waals surface area contributed by atoms with Crippen molar-refractivity contribution in [3.05, 3.63) is 63.6 Å². The Bertz CT molecular complexity index is 1280. The summed E-state index contributed by atoms with van der Waals surface area (Å²) < 4.78 is 0. The minimum atomic E-state index is 0.00446. The predicted octanol–water partition coefficient (Wildman–Crippen LogP) is 5.84. The van der Waals surface area contributed by atoms with E-state index < -0.39 is 0 Å². The molecule has 1 saturated heterocycles. The van der Waals surface area contributed by atoms with Gasteiger partial charge in [-0.25, -0.2) is 4.98 Å². The third kappa shape index (κ3) is 3.52. The van der Waals surface area contributed by atoms with E-state index in [0.29, 0.717) is 30.6 Å². The molecule has 35 heavy (non-hydrogen) atoms. The standard InChI is InChI=1S/C29H33N3O2S/c1-28(2)24(29(28,3)4)27(34)31-13-11-19(12-14-31)25-30-22(17-35-25)26(33)32-15-20-9-5-7-18-8-6-10-21(16-32)23(18)20/h5-10,17,19,24H,11-16H2,1-4H3. The van der Waals surface area contributed by atoms with Crippen molar-refractivity contribution in [2.75, 3.05) is 13.1 Å². The molecule has 0 spiro atoms. The zero-order chi connectivity index (χ0) is 24.5. The molecule has 6 heteroatoms. The van der Waals surface area contributed by atoms with Gasteiger partial charge in [0.05, 0.1) is 5.01 Å². The van der Waals surface area contributed by atoms with Crippen molar-refractivity contribution >= 4 is 33.9 Å². The van der Waals surface area contributed by atoms with Gasteiger partial charge in [-0.05, 0) is 45.6 Å². The Hall–Kier alpha value is -2.73. The van der Waals surface area contributed by atoms with Crippen LogP contribution in [0.5, 0.6) is 0 Å². The Morgan fingerprint density at radius 2 is 1.51 bits per heavy atom. The summed E-state index contributed by atoms with van der Waals surface area (Å²) in [6.45, 7) is 11.6. The van der Waals surface area contributed by atoms with Crippen molar-refractivity contribution < 1.29 is 9.59 Å². The largest absolute Gasteiger partial charge is 0.342 e. The number of likely N-dealkylation sites (tertiary alicyclic amines) is 1. The topological polar surface area (TPSA) is 53.5 Å². The van der Waals surface area contributed by atoms with Crippen molar-refractivity contribution in [3.8, 4) is 0 Å². The van der Waals surface area contributed by atoms with E-state index in [0.717, 1.165) is 30.9 Å². The van der Waals surface area contributed by atoms with E-state index in [2.05, 4.69) is 69.0 Å². The lowest BCUT2D eigenvalue weighted by Crippen LogP contribution is -2.40. The molecule has 0 radical (unpaired) electrons. The van der Waals surface area contributed by atoms with E-state index >= 15 is 0 Å². The first-order chi connectivity index (χ1) is 16.7. The summed E-state index contributed by atoms with van der Waals surface area (Å²) in [6, 6.07) is 12.7. The molecule has 1 saturated carbocycles. The van der Waals surface area contributed by atoms with Gasteiger partial charge in [0, 0.05) is 43.4 Å². The molecule has 5 nitrogen and oxygen atoms in total. The first-order valence-electron chi connectivity index (χ1n) is 12.7. The van der Waals surface area contributed by atoms with Crippen molar-refractivity contribution in [1.82, 2.24) is 14.8 Å². The number of hydrogen-bond acceptors (Lipinski definition) is 4. The molecule has 3 aliphatic rings. The molecule has 2 aliphatic heterocycles. The van der Waals surface area contributed by atoms with E-state index in [1.54, 1.807) is 11.3 Å². The van der Waals surface area contributed by atoms with Gasteiger partial charge >= 0.3 is 0 Å². The first kappa shape index (κ1) is 22.7. The number of aromatic nitrogens is 1. The summed E-state index contributed by atoms with van der Waals surface area (Å²) in [5, 5.41) is 5.48. The lowest BCUT2D eigenvalue weighted by Gasteiger charge is -2.32. The van der Waals surface area contributed by atoms with Gasteiger partial charge in [-0.15, -0.1) is 11.3 Å². The summed E-state index contributed by atoms with van der Waals surface area (Å²) in [5.74, 6) is 0.761. The van der Waals surface area contributed by atoms with Crippen LogP contribution >= 0.6 is 11.3 Å². The normalized spacial score (nSPS) is 21.4. The van der Waals surface area contributed by atoms with Crippen LogP contribution in [0.25, 0.3) is 10.8 Å². The zero-order valence-electron chi connectivity index (χ0n) is 21.0. The minimum Gasteiger partial charge on any atom is -0.342 e. The number of rotatable bonds is 3. The number of carbonyl (C=O) groups is 2. The van der Waals surface area contributed by atoms with Gasteiger partial charge in [-0.3, -0.25) is 9.59 Å². The number of thiazole rings is 1. The maximum absolute atomic E-state index is 13.4. The second kappa shape index (κ2) is 7.89. The Labute approximate surface area is 211 Å². The SMILES string of the molecule is CC1(C)C(C(=O)N2CCC(c3nc(C(=O)N4Cc5cccc6cccc(c56)C4)cs3)CC2)C1(C)C. The Kier molecular flexibility index (Phi) is 5.12. The van der Waals surface area contributed by atoms with E-state index in [-0.39, 0.29) is 22.7 Å². The van der Waals surface area contributed by atoms with Crippen LogP contribution in [-0.2, 0) is 17.9 Å². The van der Waals surface area contributed by atoms with Crippen LogP contribution < -0.4 is 0 Å². The number of hydrogen-bond donors (Lipinski definition) is 0. The van der Waals surface area contributed by atoms with E-state index in [9.17, 15) is 9.59 Å². The molecule has 0 atom stereocenters. The van der Waals surface area contributed by atoms with Crippen molar-refractivity contribution in [2.24, 2.45) is 16.7 Å². The number of benzene rings is 2. The summed E-state index contributed by atoms with van der Waals surface area (Å²) in [7, 11) is 0. The maximum atomic E-state index is 13.4. The van der Waals surface area contributed by atoms with Crippen LogP contribution in [0.2, 0.25) is 0 Å². The van der Waals surface area contributed by atoms with Gasteiger partial charge in [0.1, 0.15) is 5.69 Å². The van der Waals surface area contributed by atoms with Crippen LogP contribution in [0, 0.1) is 16.7 Å². The van der Waals surface area contributed by atoms with Crippen LogP contribution in [-0.4, -0.2) is 39.7 Å². The molecular weight excluding hydrogens is 454 g/mol. The van der Waals surface area contributed by atoms with Crippen LogP contribution in [0.4, 0.5) is 0 Å². The highest BCUT2D eigenvalue weighted by molar-refractivity contribution is 7.09. The molecule has 0 N–H and O–H groups in total. The van der Waals surface area contributed by atoms with Gasteiger partial charge in [0.2, 0.25) is 5.91 Å². The Balaban J connectivity index is 1.11. The Morgan fingerprint density at radius 1 is 0.914 bits per heavy atom. The fraction of sp³-hybridized carbons (Fsp3) is 0.483. The molecule has 6 rings (SSSR count). The third-order valence-electron chi connectivity index (χ3n) is 9.25. The van der Waals surface area contributed by atoms with Gasteiger partial charge in [-0.1, -0.05) is 64.1 Å². The second-order valence-corrected chi connectivity index (χ2v) is 12.5. The number of carbonyl (C=O) groups excluding carboxylic acids is 2. The summed E-state index contributed by atoms with van der Waals surface area (Å²) in [5.41, 5.74) is 3.11. The van der Waals surface area contributed by atoms with E-state index in [1.807, 2.05) is 10.3 Å². The highest BCUT2D eigenvalue weighted by Crippen LogP contribution is 2.68. The molecule has 3 heterocycles. The van der Waals surface area contributed by atoms with Gasteiger partial charge < -0.3 is 9.80 Å². The second-order valence-electron chi connectivity index (χ2n) is 11.6. The predicted molar refractivity (Wildman–Crippen MR) is 139 cm³/mol. The summed E-state index contributed by atoms with van der Waals surface area (Å²) >= 11 is 1.59. The molecule has 0 unspecified atom stereocenters. The lowest BCUT2D eigenvalue weighted by atomic mass is 9.95. The van der Waals surface area contributed by atoms with Crippen LogP contribution in [0.1, 0.15) is 73.1 Å². The number of piperidine rings is 1. The molecule has 3 aromatic rings. The molecule has 2 fully saturated rings. The summed E-state index contributed by atoms with van der Waals surface area (Å²) in [4.78, 5) is 35.3. The molecule has 2 aromatic carbocycles. The smallest absolute Gasteiger partial charge is 0.273 e. The molecular formula is C29H33N3O2S. The molecule has 2 amide bonds. The van der Waals surface area contributed by atoms with Crippen molar-refractivity contribution in [3.63, 3.8) is 0 Å². The van der Waals surface area contributed by atoms with Gasteiger partial charge in [0.15, 0.2) is 0 Å². The average Bonchev–Trinajstić information content (AvgIpc) is 3.16. The van der Waals surface area contributed by atoms with E-state index in [1.165, 1.54) is 21.9 Å². The average molecular weight is 488 g/mol. The minimum absolute atomic E-state index is 0.00446. The Morgan fingerprint density at radius 3 is 2.09 bits per heavy atom. The van der Waals surface area contributed by atoms with Crippen LogP contribution in [0.15, 0.2) is 41.8 Å². The van der Waals surface area contributed by atoms with Crippen molar-refractivity contribution in [1.29, 1.82) is 0 Å². The number of nitrogens with zero attached hydrogens (tertiary/aromatic N) is 3.